The summed E-state index contributed by atoms with van der Waals surface area (Å²) in [5.74, 6) is -2.41. The monoisotopic (exact) mass is 263 g/mol. The number of carboxylic acid groups (broad SMARTS) is 1. The lowest BCUT2D eigenvalue weighted by atomic mass is 10.3. The SMILES string of the molecule is Cc1nnc(NC(=O)c2cc(C(=O)O)on2)nc1C. The summed E-state index contributed by atoms with van der Waals surface area (Å²) in [4.78, 5) is 26.3. The van der Waals surface area contributed by atoms with Crippen molar-refractivity contribution in [1.29, 1.82) is 0 Å². The molecule has 0 saturated carbocycles. The Morgan fingerprint density at radius 1 is 1.26 bits per heavy atom. The van der Waals surface area contributed by atoms with E-state index < -0.39 is 17.6 Å². The van der Waals surface area contributed by atoms with Gasteiger partial charge in [0.1, 0.15) is 0 Å². The first-order valence-corrected chi connectivity index (χ1v) is 5.16. The van der Waals surface area contributed by atoms with Gasteiger partial charge in [-0.05, 0) is 13.8 Å². The molecule has 19 heavy (non-hydrogen) atoms. The largest absolute Gasteiger partial charge is 0.475 e. The van der Waals surface area contributed by atoms with Gasteiger partial charge in [0, 0.05) is 6.07 Å². The van der Waals surface area contributed by atoms with Crippen LogP contribution in [0.4, 0.5) is 5.95 Å². The number of aromatic carboxylic acids is 1. The van der Waals surface area contributed by atoms with Crippen molar-refractivity contribution in [3.8, 4) is 0 Å². The van der Waals surface area contributed by atoms with E-state index in [0.717, 1.165) is 6.07 Å². The number of aryl methyl sites for hydroxylation is 2. The summed E-state index contributed by atoms with van der Waals surface area (Å²) in [5, 5.41) is 21.8. The lowest BCUT2D eigenvalue weighted by Gasteiger charge is -2.02. The quantitative estimate of drug-likeness (QED) is 0.814. The van der Waals surface area contributed by atoms with E-state index >= 15 is 0 Å². The van der Waals surface area contributed by atoms with Crippen LogP contribution in [0, 0.1) is 13.8 Å². The number of carbonyl (C=O) groups excluding carboxylic acids is 1. The van der Waals surface area contributed by atoms with Crippen LogP contribution in [0.2, 0.25) is 0 Å². The van der Waals surface area contributed by atoms with E-state index in [4.69, 9.17) is 5.11 Å². The third-order valence-electron chi connectivity index (χ3n) is 2.27. The minimum absolute atomic E-state index is 0.00738. The van der Waals surface area contributed by atoms with Crippen molar-refractivity contribution in [1.82, 2.24) is 20.3 Å². The fourth-order valence-electron chi connectivity index (χ4n) is 1.16. The number of amides is 1. The van der Waals surface area contributed by atoms with Crippen molar-refractivity contribution in [2.24, 2.45) is 0 Å². The molecule has 0 aromatic carbocycles. The molecule has 0 bridgehead atoms. The third kappa shape index (κ3) is 2.70. The predicted molar refractivity (Wildman–Crippen MR) is 60.7 cm³/mol. The van der Waals surface area contributed by atoms with Gasteiger partial charge in [-0.25, -0.2) is 9.78 Å². The fraction of sp³-hybridized carbons (Fsp3) is 0.200. The van der Waals surface area contributed by atoms with Gasteiger partial charge in [-0.1, -0.05) is 5.16 Å². The number of hydrogen-bond donors (Lipinski definition) is 2. The van der Waals surface area contributed by atoms with Crippen LogP contribution in [-0.4, -0.2) is 37.3 Å². The van der Waals surface area contributed by atoms with Crippen LogP contribution in [0.15, 0.2) is 10.6 Å². The highest BCUT2D eigenvalue weighted by atomic mass is 16.5. The summed E-state index contributed by atoms with van der Waals surface area (Å²) in [5.41, 5.74) is 1.09. The topological polar surface area (TPSA) is 131 Å². The van der Waals surface area contributed by atoms with Gasteiger partial charge >= 0.3 is 5.97 Å². The summed E-state index contributed by atoms with van der Waals surface area (Å²) in [7, 11) is 0. The Labute approximate surface area is 106 Å². The molecule has 0 aliphatic rings. The highest BCUT2D eigenvalue weighted by Gasteiger charge is 2.17. The highest BCUT2D eigenvalue weighted by Crippen LogP contribution is 2.07. The average molecular weight is 263 g/mol. The van der Waals surface area contributed by atoms with Crippen molar-refractivity contribution < 1.29 is 19.2 Å². The molecule has 0 aliphatic carbocycles. The Morgan fingerprint density at radius 3 is 2.58 bits per heavy atom. The predicted octanol–water partition coefficient (Wildman–Crippen LogP) is 0.427. The Balaban J connectivity index is 2.15. The Bertz CT molecular complexity index is 651. The summed E-state index contributed by atoms with van der Waals surface area (Å²) in [6.45, 7) is 3.45. The van der Waals surface area contributed by atoms with Crippen LogP contribution in [0.5, 0.6) is 0 Å². The summed E-state index contributed by atoms with van der Waals surface area (Å²) in [6, 6.07) is 1.01. The van der Waals surface area contributed by atoms with Crippen LogP contribution in [-0.2, 0) is 0 Å². The van der Waals surface area contributed by atoms with E-state index in [2.05, 4.69) is 30.2 Å². The van der Waals surface area contributed by atoms with E-state index in [1.54, 1.807) is 13.8 Å². The van der Waals surface area contributed by atoms with E-state index in [9.17, 15) is 9.59 Å². The lowest BCUT2D eigenvalue weighted by Crippen LogP contribution is -2.16. The molecule has 0 atom stereocenters. The zero-order chi connectivity index (χ0) is 14.0. The minimum Gasteiger partial charge on any atom is -0.475 e. The fourth-order valence-corrected chi connectivity index (χ4v) is 1.16. The van der Waals surface area contributed by atoms with Gasteiger partial charge in [0.15, 0.2) is 5.69 Å². The van der Waals surface area contributed by atoms with Crippen LogP contribution >= 0.6 is 0 Å². The van der Waals surface area contributed by atoms with Crippen LogP contribution in [0.1, 0.15) is 32.4 Å². The molecule has 9 nitrogen and oxygen atoms in total. The molecule has 0 unspecified atom stereocenters. The Morgan fingerprint density at radius 2 is 2.00 bits per heavy atom. The second kappa shape index (κ2) is 4.80. The number of aromatic nitrogens is 4. The highest BCUT2D eigenvalue weighted by molar-refractivity contribution is 6.02. The van der Waals surface area contributed by atoms with Crippen LogP contribution < -0.4 is 5.32 Å². The van der Waals surface area contributed by atoms with Gasteiger partial charge in [0.25, 0.3) is 5.91 Å². The number of nitrogens with one attached hydrogen (secondary N) is 1. The number of anilines is 1. The van der Waals surface area contributed by atoms with Gasteiger partial charge < -0.3 is 9.63 Å². The maximum atomic E-state index is 11.7. The van der Waals surface area contributed by atoms with Crippen molar-refractivity contribution in [2.75, 3.05) is 5.32 Å². The third-order valence-corrected chi connectivity index (χ3v) is 2.27. The average Bonchev–Trinajstić information content (AvgIpc) is 2.83. The molecule has 2 heterocycles. The van der Waals surface area contributed by atoms with Crippen molar-refractivity contribution >= 4 is 17.8 Å². The molecule has 2 aromatic heterocycles. The lowest BCUT2D eigenvalue weighted by molar-refractivity contribution is 0.0651. The molecule has 0 fully saturated rings. The molecule has 2 N–H and O–H groups in total. The first-order valence-electron chi connectivity index (χ1n) is 5.16. The van der Waals surface area contributed by atoms with Gasteiger partial charge in [-0.3, -0.25) is 10.1 Å². The number of nitrogens with zero attached hydrogens (tertiary/aromatic N) is 4. The minimum atomic E-state index is -1.31. The van der Waals surface area contributed by atoms with Gasteiger partial charge in [-0.15, -0.1) is 5.10 Å². The number of hydrogen-bond acceptors (Lipinski definition) is 7. The smallest absolute Gasteiger partial charge is 0.374 e. The number of rotatable bonds is 3. The zero-order valence-electron chi connectivity index (χ0n) is 10.0. The molecule has 0 radical (unpaired) electrons. The maximum absolute atomic E-state index is 11.7. The molecule has 98 valence electrons. The summed E-state index contributed by atoms with van der Waals surface area (Å²) in [6.07, 6.45) is 0. The van der Waals surface area contributed by atoms with E-state index in [-0.39, 0.29) is 11.6 Å². The first kappa shape index (κ1) is 12.6. The maximum Gasteiger partial charge on any atom is 0.374 e. The molecule has 2 rings (SSSR count). The molecular formula is C10H9N5O4. The van der Waals surface area contributed by atoms with E-state index in [0.29, 0.717) is 11.4 Å². The van der Waals surface area contributed by atoms with Crippen molar-refractivity contribution in [2.45, 2.75) is 13.8 Å². The van der Waals surface area contributed by atoms with Gasteiger partial charge in [-0.2, -0.15) is 5.10 Å². The molecule has 0 spiro atoms. The molecule has 1 amide bonds. The van der Waals surface area contributed by atoms with Gasteiger partial charge in [0.05, 0.1) is 11.4 Å². The Hall–Kier alpha value is -2.84. The molecular weight excluding hydrogens is 254 g/mol. The van der Waals surface area contributed by atoms with E-state index in [1.807, 2.05) is 0 Å². The second-order valence-electron chi connectivity index (χ2n) is 3.64. The zero-order valence-corrected chi connectivity index (χ0v) is 10.0. The molecule has 0 saturated heterocycles. The molecule has 9 heteroatoms. The van der Waals surface area contributed by atoms with Crippen LogP contribution in [0.3, 0.4) is 0 Å². The van der Waals surface area contributed by atoms with Crippen LogP contribution in [0.25, 0.3) is 0 Å². The van der Waals surface area contributed by atoms with E-state index in [1.165, 1.54) is 0 Å². The molecule has 0 aliphatic heterocycles. The van der Waals surface area contributed by atoms with Crippen molar-refractivity contribution in [3.63, 3.8) is 0 Å². The van der Waals surface area contributed by atoms with Crippen molar-refractivity contribution in [3.05, 3.63) is 28.9 Å². The number of carboxylic acids is 1. The molecule has 2 aromatic rings. The Kier molecular flexibility index (Phi) is 3.19. The summed E-state index contributed by atoms with van der Waals surface area (Å²) < 4.78 is 4.46. The first-order chi connectivity index (χ1) is 8.97. The normalized spacial score (nSPS) is 10.2. The second-order valence-corrected chi connectivity index (χ2v) is 3.64. The number of carbonyl (C=O) groups is 2. The summed E-state index contributed by atoms with van der Waals surface area (Å²) >= 11 is 0. The standard InChI is InChI=1S/C10H9N5O4/c1-4-5(2)13-14-10(11-4)12-8(16)6-3-7(9(17)18)19-15-6/h3H,1-2H3,(H,17,18)(H,11,12,14,16). The van der Waals surface area contributed by atoms with Gasteiger partial charge in [0.2, 0.25) is 11.7 Å².